The van der Waals surface area contributed by atoms with Gasteiger partial charge in [0.15, 0.2) is 5.76 Å². The van der Waals surface area contributed by atoms with Crippen LogP contribution in [0.1, 0.15) is 39.3 Å². The van der Waals surface area contributed by atoms with Gasteiger partial charge in [0.1, 0.15) is 17.9 Å². The van der Waals surface area contributed by atoms with Crippen LogP contribution in [0.4, 0.5) is 0 Å². The Balaban J connectivity index is 1.36. The second kappa shape index (κ2) is 9.63. The van der Waals surface area contributed by atoms with Crippen molar-refractivity contribution in [2.24, 2.45) is 0 Å². The predicted molar refractivity (Wildman–Crippen MR) is 114 cm³/mol. The molecule has 0 unspecified atom stereocenters. The van der Waals surface area contributed by atoms with Crippen molar-refractivity contribution >= 4 is 22.8 Å². The molecule has 0 bridgehead atoms. The number of hydrogen-bond acceptors (Lipinski definition) is 6. The van der Waals surface area contributed by atoms with E-state index in [9.17, 15) is 9.59 Å². The number of ether oxygens (including phenoxy) is 1. The fourth-order valence-electron chi connectivity index (χ4n) is 3.78. The van der Waals surface area contributed by atoms with Gasteiger partial charge in [-0.05, 0) is 56.3 Å². The van der Waals surface area contributed by atoms with E-state index in [2.05, 4.69) is 10.2 Å². The lowest BCUT2D eigenvalue weighted by atomic mass is 10.1. The summed E-state index contributed by atoms with van der Waals surface area (Å²) in [6.07, 6.45) is 2.36. The van der Waals surface area contributed by atoms with Crippen LogP contribution in [-0.4, -0.2) is 48.2 Å². The van der Waals surface area contributed by atoms with Gasteiger partial charge < -0.3 is 14.5 Å². The summed E-state index contributed by atoms with van der Waals surface area (Å²) in [5.41, 5.74) is 3.53. The monoisotopic (exact) mass is 423 g/mol. The van der Waals surface area contributed by atoms with Crippen LogP contribution in [-0.2, 0) is 6.54 Å². The van der Waals surface area contributed by atoms with Crippen LogP contribution in [0.3, 0.4) is 0 Å². The number of fused-ring (bicyclic) bond motifs is 1. The van der Waals surface area contributed by atoms with E-state index in [4.69, 9.17) is 14.4 Å². The van der Waals surface area contributed by atoms with Gasteiger partial charge in [0.05, 0.1) is 6.54 Å². The first kappa shape index (κ1) is 20.9. The molecular formula is C23H25N3O5. The van der Waals surface area contributed by atoms with E-state index >= 15 is 0 Å². The van der Waals surface area contributed by atoms with Crippen LogP contribution in [0.25, 0.3) is 11.0 Å². The minimum atomic E-state index is -0.589. The van der Waals surface area contributed by atoms with Gasteiger partial charge in [0.25, 0.3) is 11.8 Å². The first-order chi connectivity index (χ1) is 15.2. The van der Waals surface area contributed by atoms with Crippen LogP contribution in [0.5, 0.6) is 5.75 Å². The maximum absolute atomic E-state index is 12.8. The first-order valence-corrected chi connectivity index (χ1v) is 10.3. The molecule has 3 N–H and O–H groups in total. The molecule has 3 aromatic rings. The Labute approximate surface area is 179 Å². The molecule has 0 radical (unpaired) electrons. The average Bonchev–Trinajstić information content (AvgIpc) is 3.45. The number of nitrogens with one attached hydrogen (secondary N) is 2. The standard InChI is InChI=1S/C23H25N3O5/c27-22(25-29)16-7-9-17(10-8-16)30-14-11-24-23(28)21-19(15-26-12-3-4-13-26)18-5-1-2-6-20(18)31-21/h1-2,5-10,29H,3-4,11-15H2,(H,24,28)(H,25,27). The van der Waals surface area contributed by atoms with E-state index in [0.29, 0.717) is 35.7 Å². The summed E-state index contributed by atoms with van der Waals surface area (Å²) in [6.45, 7) is 3.33. The maximum Gasteiger partial charge on any atom is 0.287 e. The molecule has 8 heteroatoms. The number of hydrogen-bond donors (Lipinski definition) is 3. The van der Waals surface area contributed by atoms with Crippen LogP contribution >= 0.6 is 0 Å². The molecule has 1 saturated heterocycles. The number of likely N-dealkylation sites (tertiary alicyclic amines) is 1. The van der Waals surface area contributed by atoms with E-state index in [1.807, 2.05) is 24.3 Å². The highest BCUT2D eigenvalue weighted by Gasteiger charge is 2.23. The average molecular weight is 423 g/mol. The molecule has 0 atom stereocenters. The summed E-state index contributed by atoms with van der Waals surface area (Å²) in [5, 5.41) is 12.5. The van der Waals surface area contributed by atoms with E-state index in [1.54, 1.807) is 29.7 Å². The van der Waals surface area contributed by atoms with Gasteiger partial charge in [-0.3, -0.25) is 19.7 Å². The number of para-hydroxylation sites is 1. The number of hydroxylamine groups is 1. The van der Waals surface area contributed by atoms with Crippen molar-refractivity contribution in [3.05, 3.63) is 65.4 Å². The molecule has 31 heavy (non-hydrogen) atoms. The van der Waals surface area contributed by atoms with E-state index < -0.39 is 5.91 Å². The van der Waals surface area contributed by atoms with Gasteiger partial charge in [0, 0.05) is 23.1 Å². The first-order valence-electron chi connectivity index (χ1n) is 10.3. The number of furan rings is 1. The zero-order chi connectivity index (χ0) is 21.6. The van der Waals surface area contributed by atoms with Gasteiger partial charge in [-0.25, -0.2) is 5.48 Å². The van der Waals surface area contributed by atoms with E-state index in [0.717, 1.165) is 24.0 Å². The highest BCUT2D eigenvalue weighted by molar-refractivity contribution is 5.99. The number of carbonyl (C=O) groups excluding carboxylic acids is 2. The summed E-state index contributed by atoms with van der Waals surface area (Å²) in [5.74, 6) is 0.0630. The highest BCUT2D eigenvalue weighted by atomic mass is 16.5. The number of rotatable bonds is 8. The Morgan fingerprint density at radius 1 is 1.03 bits per heavy atom. The summed E-state index contributed by atoms with van der Waals surface area (Å²) in [7, 11) is 0. The molecule has 2 amide bonds. The quantitative estimate of drug-likeness (QED) is 0.292. The maximum atomic E-state index is 12.8. The zero-order valence-corrected chi connectivity index (χ0v) is 17.1. The van der Waals surface area contributed by atoms with E-state index in [-0.39, 0.29) is 12.5 Å². The van der Waals surface area contributed by atoms with Crippen LogP contribution in [0.2, 0.25) is 0 Å². The highest BCUT2D eigenvalue weighted by Crippen LogP contribution is 2.28. The number of carbonyl (C=O) groups is 2. The van der Waals surface area contributed by atoms with Gasteiger partial charge in [-0.15, -0.1) is 0 Å². The molecule has 0 saturated carbocycles. The second-order valence-electron chi connectivity index (χ2n) is 7.46. The predicted octanol–water partition coefficient (Wildman–Crippen LogP) is 2.96. The molecule has 1 aromatic heterocycles. The Kier molecular flexibility index (Phi) is 6.49. The third-order valence-corrected chi connectivity index (χ3v) is 5.36. The van der Waals surface area contributed by atoms with E-state index in [1.165, 1.54) is 12.8 Å². The molecule has 1 aliphatic rings. The fraction of sp³-hybridized carbons (Fsp3) is 0.304. The van der Waals surface area contributed by atoms with Crippen molar-refractivity contribution in [1.82, 2.24) is 15.7 Å². The SMILES string of the molecule is O=C(NO)c1ccc(OCCNC(=O)c2oc3ccccc3c2CN2CCCC2)cc1. The Morgan fingerprint density at radius 2 is 1.77 bits per heavy atom. The largest absolute Gasteiger partial charge is 0.492 e. The topological polar surface area (TPSA) is 104 Å². The van der Waals surface area contributed by atoms with Crippen molar-refractivity contribution in [3.8, 4) is 5.75 Å². The van der Waals surface area contributed by atoms with Crippen molar-refractivity contribution in [2.45, 2.75) is 19.4 Å². The molecule has 4 rings (SSSR count). The van der Waals surface area contributed by atoms with Crippen LogP contribution < -0.4 is 15.5 Å². The molecule has 1 fully saturated rings. The normalized spacial score (nSPS) is 14.0. The van der Waals surface area contributed by atoms with Crippen molar-refractivity contribution in [2.75, 3.05) is 26.2 Å². The lowest BCUT2D eigenvalue weighted by Crippen LogP contribution is -2.29. The lowest BCUT2D eigenvalue weighted by Gasteiger charge is -2.14. The molecule has 0 aliphatic carbocycles. The minimum absolute atomic E-state index is 0.260. The fourth-order valence-corrected chi connectivity index (χ4v) is 3.78. The Morgan fingerprint density at radius 3 is 2.52 bits per heavy atom. The minimum Gasteiger partial charge on any atom is -0.492 e. The third kappa shape index (κ3) is 4.87. The molecule has 8 nitrogen and oxygen atoms in total. The van der Waals surface area contributed by atoms with Gasteiger partial charge in [0.2, 0.25) is 0 Å². The summed E-state index contributed by atoms with van der Waals surface area (Å²) in [4.78, 5) is 26.5. The smallest absolute Gasteiger partial charge is 0.287 e. The van der Waals surface area contributed by atoms with Crippen molar-refractivity contribution < 1.29 is 24.0 Å². The number of benzene rings is 2. The summed E-state index contributed by atoms with van der Waals surface area (Å²) < 4.78 is 11.5. The molecule has 2 heterocycles. The van der Waals surface area contributed by atoms with Gasteiger partial charge >= 0.3 is 0 Å². The second-order valence-corrected chi connectivity index (χ2v) is 7.46. The lowest BCUT2D eigenvalue weighted by molar-refractivity contribution is 0.0706. The van der Waals surface area contributed by atoms with Crippen LogP contribution in [0.15, 0.2) is 52.9 Å². The number of nitrogens with zero attached hydrogens (tertiary/aromatic N) is 1. The van der Waals surface area contributed by atoms with Crippen molar-refractivity contribution in [1.29, 1.82) is 0 Å². The molecular weight excluding hydrogens is 398 g/mol. The summed E-state index contributed by atoms with van der Waals surface area (Å²) in [6, 6.07) is 14.1. The summed E-state index contributed by atoms with van der Waals surface area (Å²) >= 11 is 0. The third-order valence-electron chi connectivity index (χ3n) is 5.36. The molecule has 162 valence electrons. The molecule has 2 aromatic carbocycles. The van der Waals surface area contributed by atoms with Gasteiger partial charge in [-0.1, -0.05) is 18.2 Å². The van der Waals surface area contributed by atoms with Crippen LogP contribution in [0, 0.1) is 0 Å². The molecule has 0 spiro atoms. The Bertz CT molecular complexity index is 1050. The number of amides is 2. The molecule has 1 aliphatic heterocycles. The van der Waals surface area contributed by atoms with Gasteiger partial charge in [-0.2, -0.15) is 0 Å². The zero-order valence-electron chi connectivity index (χ0n) is 17.1. The van der Waals surface area contributed by atoms with Crippen molar-refractivity contribution in [3.63, 3.8) is 0 Å². The Hall–Kier alpha value is -3.36.